The average molecular weight is 351 g/mol. The average Bonchev–Trinajstić information content (AvgIpc) is 3.00. The highest BCUT2D eigenvalue weighted by Crippen LogP contribution is 2.36. The number of fused-ring (bicyclic) bond motifs is 1. The number of aliphatic hydroxyl groups excluding tert-OH is 2. The molecular formula is C11H12F3N5O5. The summed E-state index contributed by atoms with van der Waals surface area (Å²) in [6.07, 6.45) is -10.6. The summed E-state index contributed by atoms with van der Waals surface area (Å²) in [5.41, 5.74) is 4.40. The second-order valence-electron chi connectivity index (χ2n) is 5.04. The molecule has 1 aliphatic rings. The molecule has 0 spiro atoms. The Morgan fingerprint density at radius 3 is 2.83 bits per heavy atom. The molecule has 0 aromatic carbocycles. The first-order chi connectivity index (χ1) is 11.2. The Balaban J connectivity index is 2.07. The summed E-state index contributed by atoms with van der Waals surface area (Å²) < 4.78 is 47.9. The number of hydrogen-bond donors (Lipinski definition) is 4. The van der Waals surface area contributed by atoms with Crippen molar-refractivity contribution in [2.75, 3.05) is 12.3 Å². The fourth-order valence-corrected chi connectivity index (χ4v) is 2.50. The number of aromatic amines is 1. The first-order valence-corrected chi connectivity index (χ1v) is 6.62. The Morgan fingerprint density at radius 1 is 1.50 bits per heavy atom. The lowest BCUT2D eigenvalue weighted by Gasteiger charge is -2.22. The van der Waals surface area contributed by atoms with Crippen molar-refractivity contribution in [2.24, 2.45) is 0 Å². The molecule has 132 valence electrons. The normalized spacial score (nSPS) is 27.9. The number of nitrogen functional groups attached to an aromatic ring is 1. The zero-order chi connectivity index (χ0) is 17.6. The molecule has 0 bridgehead atoms. The minimum Gasteiger partial charge on any atom is -0.394 e. The van der Waals surface area contributed by atoms with E-state index in [4.69, 9.17) is 15.6 Å². The van der Waals surface area contributed by atoms with E-state index in [2.05, 4.69) is 19.7 Å². The molecular weight excluding hydrogens is 339 g/mol. The van der Waals surface area contributed by atoms with E-state index in [1.165, 1.54) is 0 Å². The van der Waals surface area contributed by atoms with E-state index >= 15 is 0 Å². The number of aliphatic hydroxyl groups is 2. The monoisotopic (exact) mass is 351 g/mol. The zero-order valence-corrected chi connectivity index (χ0v) is 11.8. The Labute approximate surface area is 130 Å². The van der Waals surface area contributed by atoms with Gasteiger partial charge in [-0.2, -0.15) is 4.98 Å². The van der Waals surface area contributed by atoms with Gasteiger partial charge < -0.3 is 20.7 Å². The number of imidazole rings is 1. The molecule has 0 amide bonds. The van der Waals surface area contributed by atoms with Crippen molar-refractivity contribution in [1.29, 1.82) is 0 Å². The summed E-state index contributed by atoms with van der Waals surface area (Å²) in [6, 6.07) is 0. The van der Waals surface area contributed by atoms with Gasteiger partial charge in [-0.15, -0.1) is 13.2 Å². The number of nitrogens with one attached hydrogen (secondary N) is 1. The van der Waals surface area contributed by atoms with Gasteiger partial charge in [0, 0.05) is 0 Å². The summed E-state index contributed by atoms with van der Waals surface area (Å²) in [5.74, 6) is -0.278. The lowest BCUT2D eigenvalue weighted by atomic mass is 10.1. The number of hydrogen-bond acceptors (Lipinski definition) is 8. The smallest absolute Gasteiger partial charge is 0.394 e. The van der Waals surface area contributed by atoms with E-state index in [0.717, 1.165) is 10.9 Å². The molecule has 2 aromatic heterocycles. The predicted octanol–water partition coefficient (Wildman–Crippen LogP) is -1.14. The molecule has 13 heteroatoms. The fraction of sp³-hybridized carbons (Fsp3) is 0.545. The lowest BCUT2D eigenvalue weighted by Crippen LogP contribution is -2.39. The molecule has 4 atom stereocenters. The molecule has 0 aliphatic carbocycles. The molecule has 5 N–H and O–H groups in total. The van der Waals surface area contributed by atoms with E-state index in [-0.39, 0.29) is 17.1 Å². The summed E-state index contributed by atoms with van der Waals surface area (Å²) in [4.78, 5) is 21.5. The SMILES string of the molecule is Nc1nc2c(ncn2[C@@H]2O[C@H](CO)[C@H](O)[C@H]2OC(F)(F)F)c(=O)[nH]1. The van der Waals surface area contributed by atoms with E-state index in [9.17, 15) is 23.1 Å². The van der Waals surface area contributed by atoms with Crippen molar-refractivity contribution in [3.63, 3.8) is 0 Å². The Morgan fingerprint density at radius 2 is 2.21 bits per heavy atom. The topological polar surface area (TPSA) is 149 Å². The third-order valence-corrected chi connectivity index (χ3v) is 3.49. The highest BCUT2D eigenvalue weighted by atomic mass is 19.4. The maximum atomic E-state index is 12.6. The van der Waals surface area contributed by atoms with Crippen LogP contribution in [0.5, 0.6) is 0 Å². The highest BCUT2D eigenvalue weighted by Gasteiger charge is 2.50. The highest BCUT2D eigenvalue weighted by molar-refractivity contribution is 5.70. The third kappa shape index (κ3) is 2.82. The van der Waals surface area contributed by atoms with Gasteiger partial charge in [0.15, 0.2) is 17.4 Å². The quantitative estimate of drug-likeness (QED) is 0.542. The Hall–Kier alpha value is -2.22. The lowest BCUT2D eigenvalue weighted by molar-refractivity contribution is -0.355. The van der Waals surface area contributed by atoms with E-state index in [0.29, 0.717) is 0 Å². The van der Waals surface area contributed by atoms with Crippen molar-refractivity contribution < 1.29 is 32.9 Å². The van der Waals surface area contributed by atoms with Crippen molar-refractivity contribution in [3.8, 4) is 0 Å². The third-order valence-electron chi connectivity index (χ3n) is 3.49. The predicted molar refractivity (Wildman–Crippen MR) is 70.5 cm³/mol. The van der Waals surface area contributed by atoms with Gasteiger partial charge in [0.25, 0.3) is 5.56 Å². The van der Waals surface area contributed by atoms with Gasteiger partial charge in [0.2, 0.25) is 5.95 Å². The first-order valence-electron chi connectivity index (χ1n) is 6.62. The maximum Gasteiger partial charge on any atom is 0.523 e. The van der Waals surface area contributed by atoms with Crippen LogP contribution in [0.3, 0.4) is 0 Å². The van der Waals surface area contributed by atoms with Crippen molar-refractivity contribution in [1.82, 2.24) is 19.5 Å². The number of ether oxygens (including phenoxy) is 2. The molecule has 0 saturated carbocycles. The zero-order valence-electron chi connectivity index (χ0n) is 11.8. The number of nitrogens with two attached hydrogens (primary N) is 1. The molecule has 0 unspecified atom stereocenters. The number of aromatic nitrogens is 4. The van der Waals surface area contributed by atoms with Crippen LogP contribution in [-0.2, 0) is 9.47 Å². The van der Waals surface area contributed by atoms with Crippen molar-refractivity contribution in [3.05, 3.63) is 16.7 Å². The van der Waals surface area contributed by atoms with Gasteiger partial charge in [-0.3, -0.25) is 19.1 Å². The number of rotatable bonds is 3. The van der Waals surface area contributed by atoms with Gasteiger partial charge in [-0.25, -0.2) is 4.98 Å². The maximum absolute atomic E-state index is 12.6. The van der Waals surface area contributed by atoms with E-state index in [1.807, 2.05) is 0 Å². The number of H-pyrrole nitrogens is 1. The van der Waals surface area contributed by atoms with Crippen LogP contribution in [0.2, 0.25) is 0 Å². The molecule has 1 saturated heterocycles. The van der Waals surface area contributed by atoms with Gasteiger partial charge in [-0.05, 0) is 0 Å². The van der Waals surface area contributed by atoms with Crippen LogP contribution in [0.1, 0.15) is 6.23 Å². The molecule has 24 heavy (non-hydrogen) atoms. The molecule has 10 nitrogen and oxygen atoms in total. The van der Waals surface area contributed by atoms with Gasteiger partial charge in [0.05, 0.1) is 12.9 Å². The minimum absolute atomic E-state index is 0.150. The van der Waals surface area contributed by atoms with Crippen LogP contribution in [0.25, 0.3) is 11.2 Å². The summed E-state index contributed by atoms with van der Waals surface area (Å²) >= 11 is 0. The summed E-state index contributed by atoms with van der Waals surface area (Å²) in [6.45, 7) is -0.738. The van der Waals surface area contributed by atoms with Crippen LogP contribution in [0, 0.1) is 0 Å². The summed E-state index contributed by atoms with van der Waals surface area (Å²) in [7, 11) is 0. The van der Waals surface area contributed by atoms with Crippen molar-refractivity contribution in [2.45, 2.75) is 30.9 Å². The minimum atomic E-state index is -5.06. The van der Waals surface area contributed by atoms with Gasteiger partial charge in [0.1, 0.15) is 18.3 Å². The van der Waals surface area contributed by atoms with Crippen LogP contribution >= 0.6 is 0 Å². The molecule has 1 fully saturated rings. The van der Waals surface area contributed by atoms with E-state index in [1.54, 1.807) is 0 Å². The molecule has 3 heterocycles. The standard InChI is InChI=1S/C11H12F3N5O5/c12-11(13,14)24-6-5(21)3(1-20)23-9(6)19-2-16-4-7(19)17-10(15)18-8(4)22/h2-3,5-6,9,20-21H,1H2,(H3,15,17,18,22)/t3-,5+,6-,9-/m1/s1. The molecule has 2 aromatic rings. The Bertz CT molecular complexity index is 805. The molecule has 0 radical (unpaired) electrons. The second kappa shape index (κ2) is 5.70. The second-order valence-corrected chi connectivity index (χ2v) is 5.04. The fourth-order valence-electron chi connectivity index (χ4n) is 2.50. The largest absolute Gasteiger partial charge is 0.523 e. The van der Waals surface area contributed by atoms with Gasteiger partial charge in [-0.1, -0.05) is 0 Å². The van der Waals surface area contributed by atoms with Crippen molar-refractivity contribution >= 4 is 17.1 Å². The first kappa shape index (κ1) is 16.6. The number of alkyl halides is 3. The van der Waals surface area contributed by atoms with Crippen LogP contribution < -0.4 is 11.3 Å². The van der Waals surface area contributed by atoms with E-state index < -0.39 is 43.1 Å². The van der Waals surface area contributed by atoms with Gasteiger partial charge >= 0.3 is 6.36 Å². The summed E-state index contributed by atoms with van der Waals surface area (Å²) in [5, 5.41) is 19.0. The number of halogens is 3. The Kier molecular flexibility index (Phi) is 3.95. The number of nitrogens with zero attached hydrogens (tertiary/aromatic N) is 3. The van der Waals surface area contributed by atoms with Crippen LogP contribution in [0.4, 0.5) is 19.1 Å². The molecule has 1 aliphatic heterocycles. The van der Waals surface area contributed by atoms with Crippen LogP contribution in [0.15, 0.2) is 11.1 Å². The van der Waals surface area contributed by atoms with Crippen LogP contribution in [-0.4, -0.2) is 61.0 Å². The molecule has 3 rings (SSSR count). The number of anilines is 1.